The molecule has 0 aliphatic carbocycles. The van der Waals surface area contributed by atoms with Crippen LogP contribution in [0.2, 0.25) is 0 Å². The Morgan fingerprint density at radius 3 is 2.64 bits per heavy atom. The molecule has 3 aliphatic rings. The van der Waals surface area contributed by atoms with Crippen LogP contribution < -0.4 is 5.32 Å². The van der Waals surface area contributed by atoms with Gasteiger partial charge in [0.2, 0.25) is 0 Å². The summed E-state index contributed by atoms with van der Waals surface area (Å²) in [7, 11) is 0. The molecule has 1 amide bonds. The highest BCUT2D eigenvalue weighted by Gasteiger charge is 2.54. The lowest BCUT2D eigenvalue weighted by Gasteiger charge is -2.50. The topological polar surface area (TPSA) is 76.2 Å². The van der Waals surface area contributed by atoms with Crippen LogP contribution in [0.15, 0.2) is 0 Å². The van der Waals surface area contributed by atoms with E-state index in [1.54, 1.807) is 0 Å². The Hall–Kier alpha value is -1.47. The van der Waals surface area contributed by atoms with Crippen LogP contribution in [0.4, 0.5) is 4.79 Å². The van der Waals surface area contributed by atoms with Crippen molar-refractivity contribution >= 4 is 6.03 Å². The second-order valence-electron chi connectivity index (χ2n) is 7.14. The first-order valence-corrected chi connectivity index (χ1v) is 8.23. The minimum Gasteiger partial charge on any atom is -0.316 e. The van der Waals surface area contributed by atoms with Gasteiger partial charge in [0.15, 0.2) is 5.82 Å². The van der Waals surface area contributed by atoms with E-state index >= 15 is 0 Å². The third-order valence-electron chi connectivity index (χ3n) is 5.28. The maximum absolute atomic E-state index is 12.9. The van der Waals surface area contributed by atoms with Crippen LogP contribution >= 0.6 is 0 Å². The Morgan fingerprint density at radius 2 is 2.09 bits per heavy atom. The summed E-state index contributed by atoms with van der Waals surface area (Å²) in [4.78, 5) is 21.8. The largest absolute Gasteiger partial charge is 0.346 e. The van der Waals surface area contributed by atoms with E-state index < -0.39 is 0 Å². The first-order valence-electron chi connectivity index (χ1n) is 8.23. The third-order valence-corrected chi connectivity index (χ3v) is 5.28. The fraction of sp³-hybridized carbons (Fsp3) is 0.800. The zero-order valence-corrected chi connectivity index (χ0v) is 13.5. The molecule has 0 saturated carbocycles. The molecule has 1 aromatic heterocycles. The maximum Gasteiger partial charge on any atom is 0.346 e. The molecule has 7 nitrogen and oxygen atoms in total. The van der Waals surface area contributed by atoms with Crippen molar-refractivity contribution in [3.05, 3.63) is 11.6 Å². The molecule has 0 aromatic carbocycles. The fourth-order valence-corrected chi connectivity index (χ4v) is 3.68. The lowest BCUT2D eigenvalue weighted by molar-refractivity contribution is 0.0290. The van der Waals surface area contributed by atoms with Gasteiger partial charge in [-0.25, -0.2) is 9.78 Å². The standard InChI is InChI=1S/C15H24N6O/c1-10(2)13-17-11(3)21(18-13)14(22)20-7-5-15(20)4-6-19(9-15)12-8-16-12/h10,12,16H,4-9H2,1-3H3. The second-order valence-corrected chi connectivity index (χ2v) is 7.14. The lowest BCUT2D eigenvalue weighted by atomic mass is 9.84. The number of likely N-dealkylation sites (tertiary alicyclic amines) is 2. The van der Waals surface area contributed by atoms with E-state index in [2.05, 4.69) is 20.3 Å². The van der Waals surface area contributed by atoms with Gasteiger partial charge in [-0.05, 0) is 19.8 Å². The summed E-state index contributed by atoms with van der Waals surface area (Å²) in [5.41, 5.74) is 0.0255. The predicted octanol–water partition coefficient (Wildman–Crippen LogP) is 0.758. The monoisotopic (exact) mass is 304 g/mol. The number of nitrogens with zero attached hydrogens (tertiary/aromatic N) is 5. The van der Waals surface area contributed by atoms with Gasteiger partial charge in [-0.3, -0.25) is 10.2 Å². The molecule has 120 valence electrons. The number of hydrogen-bond donors (Lipinski definition) is 1. The van der Waals surface area contributed by atoms with Crippen molar-refractivity contribution in [3.63, 3.8) is 0 Å². The summed E-state index contributed by atoms with van der Waals surface area (Å²) < 4.78 is 1.49. The maximum atomic E-state index is 12.9. The van der Waals surface area contributed by atoms with Crippen molar-refractivity contribution in [2.45, 2.75) is 51.2 Å². The van der Waals surface area contributed by atoms with Crippen molar-refractivity contribution in [3.8, 4) is 0 Å². The van der Waals surface area contributed by atoms with Crippen molar-refractivity contribution in [1.29, 1.82) is 0 Å². The second kappa shape index (κ2) is 4.76. The molecule has 1 spiro atoms. The molecule has 0 bridgehead atoms. The van der Waals surface area contributed by atoms with Crippen molar-refractivity contribution in [2.75, 3.05) is 26.2 Å². The molecule has 3 saturated heterocycles. The molecule has 4 rings (SSSR count). The molecule has 1 aromatic rings. The van der Waals surface area contributed by atoms with Crippen LogP contribution in [0, 0.1) is 6.92 Å². The average Bonchev–Trinajstić information content (AvgIpc) is 3.06. The summed E-state index contributed by atoms with van der Waals surface area (Å²) in [5.74, 6) is 1.67. The molecule has 0 radical (unpaired) electrons. The van der Waals surface area contributed by atoms with Gasteiger partial charge in [-0.1, -0.05) is 13.8 Å². The summed E-state index contributed by atoms with van der Waals surface area (Å²) in [6.45, 7) is 9.94. The summed E-state index contributed by atoms with van der Waals surface area (Å²) >= 11 is 0. The van der Waals surface area contributed by atoms with Crippen LogP contribution in [0.5, 0.6) is 0 Å². The van der Waals surface area contributed by atoms with E-state index in [4.69, 9.17) is 0 Å². The number of aryl methyl sites for hydroxylation is 1. The quantitative estimate of drug-likeness (QED) is 0.816. The highest BCUT2D eigenvalue weighted by molar-refractivity contribution is 5.78. The van der Waals surface area contributed by atoms with Crippen LogP contribution in [-0.2, 0) is 0 Å². The van der Waals surface area contributed by atoms with Crippen LogP contribution in [0.1, 0.15) is 44.3 Å². The van der Waals surface area contributed by atoms with E-state index in [-0.39, 0.29) is 17.5 Å². The number of hydrogen-bond acceptors (Lipinski definition) is 5. The Bertz CT molecular complexity index is 607. The van der Waals surface area contributed by atoms with Gasteiger partial charge in [0, 0.05) is 32.1 Å². The first kappa shape index (κ1) is 14.1. The highest BCUT2D eigenvalue weighted by Crippen LogP contribution is 2.40. The number of carbonyl (C=O) groups is 1. The van der Waals surface area contributed by atoms with E-state index in [1.807, 2.05) is 25.7 Å². The normalized spacial score (nSPS) is 31.1. The van der Waals surface area contributed by atoms with Gasteiger partial charge in [0.1, 0.15) is 5.82 Å². The van der Waals surface area contributed by atoms with Gasteiger partial charge in [0.25, 0.3) is 0 Å². The summed E-state index contributed by atoms with van der Waals surface area (Å²) in [6, 6.07) is -0.00578. The zero-order chi connectivity index (χ0) is 15.5. The van der Waals surface area contributed by atoms with E-state index in [0.717, 1.165) is 44.8 Å². The van der Waals surface area contributed by atoms with Gasteiger partial charge < -0.3 is 4.90 Å². The predicted molar refractivity (Wildman–Crippen MR) is 81.7 cm³/mol. The van der Waals surface area contributed by atoms with Crippen LogP contribution in [0.3, 0.4) is 0 Å². The zero-order valence-electron chi connectivity index (χ0n) is 13.5. The molecule has 22 heavy (non-hydrogen) atoms. The molecular weight excluding hydrogens is 280 g/mol. The minimum atomic E-state index is -0.00578. The van der Waals surface area contributed by atoms with Gasteiger partial charge in [-0.15, -0.1) is 5.10 Å². The smallest absolute Gasteiger partial charge is 0.316 e. The number of rotatable bonds is 2. The van der Waals surface area contributed by atoms with Crippen molar-refractivity contribution < 1.29 is 4.79 Å². The molecular formula is C15H24N6O. The van der Waals surface area contributed by atoms with E-state index in [1.165, 1.54) is 4.68 Å². The van der Waals surface area contributed by atoms with E-state index in [0.29, 0.717) is 12.0 Å². The SMILES string of the molecule is Cc1nc(C(C)C)nn1C(=O)N1CCC12CCN(C1CN1)C2. The molecule has 4 heterocycles. The Morgan fingerprint density at radius 1 is 1.36 bits per heavy atom. The first-order chi connectivity index (χ1) is 10.5. The highest BCUT2D eigenvalue weighted by atomic mass is 16.2. The average molecular weight is 304 g/mol. The summed E-state index contributed by atoms with van der Waals surface area (Å²) in [6.07, 6.45) is 2.71. The Kier molecular flexibility index (Phi) is 3.06. The molecule has 2 unspecified atom stereocenters. The molecule has 7 heteroatoms. The van der Waals surface area contributed by atoms with Gasteiger partial charge in [-0.2, -0.15) is 4.68 Å². The number of carbonyl (C=O) groups excluding carboxylic acids is 1. The van der Waals surface area contributed by atoms with Crippen LogP contribution in [-0.4, -0.2) is 68.5 Å². The van der Waals surface area contributed by atoms with Gasteiger partial charge in [0.05, 0.1) is 11.7 Å². The van der Waals surface area contributed by atoms with E-state index in [9.17, 15) is 4.79 Å². The summed E-state index contributed by atoms with van der Waals surface area (Å²) in [5, 5.41) is 7.78. The molecule has 1 N–H and O–H groups in total. The Labute approximate surface area is 130 Å². The molecule has 3 aliphatic heterocycles. The lowest BCUT2D eigenvalue weighted by Crippen LogP contribution is -2.64. The van der Waals surface area contributed by atoms with Gasteiger partial charge >= 0.3 is 6.03 Å². The molecule has 3 fully saturated rings. The Balaban J connectivity index is 1.53. The van der Waals surface area contributed by atoms with Crippen LogP contribution in [0.25, 0.3) is 0 Å². The number of amides is 1. The fourth-order valence-electron chi connectivity index (χ4n) is 3.68. The van der Waals surface area contributed by atoms with Crippen molar-refractivity contribution in [2.24, 2.45) is 0 Å². The molecule has 2 atom stereocenters. The van der Waals surface area contributed by atoms with Crippen molar-refractivity contribution in [1.82, 2.24) is 29.9 Å². The number of nitrogens with one attached hydrogen (secondary N) is 1. The number of aromatic nitrogens is 3. The minimum absolute atomic E-state index is 0.00578. The third kappa shape index (κ3) is 2.06.